The van der Waals surface area contributed by atoms with Crippen LogP contribution in [0.15, 0.2) is 48.5 Å². The molecule has 27 heavy (non-hydrogen) atoms. The standard InChI is InChI=1S/C22H27N3O2/c26-21(18-8-9-20-19(12-18)13-23-22(27)24-20)15-25-10-4-7-17(14-25)11-16-5-2-1-3-6-16/h1-3,5-6,8-9,12,17,21,26H,4,7,10-11,13-15H2,(H2,23,24,27). The van der Waals surface area contributed by atoms with Gasteiger partial charge in [-0.25, -0.2) is 4.79 Å². The lowest BCUT2D eigenvalue weighted by molar-refractivity contribution is 0.0843. The number of fused-ring (bicyclic) bond motifs is 1. The fourth-order valence-corrected chi connectivity index (χ4v) is 4.21. The Labute approximate surface area is 160 Å². The van der Waals surface area contributed by atoms with Crippen molar-refractivity contribution in [3.8, 4) is 0 Å². The van der Waals surface area contributed by atoms with Crippen molar-refractivity contribution in [1.82, 2.24) is 10.2 Å². The van der Waals surface area contributed by atoms with E-state index >= 15 is 0 Å². The first-order valence-electron chi connectivity index (χ1n) is 9.79. The number of carbonyl (C=O) groups is 1. The predicted molar refractivity (Wildman–Crippen MR) is 107 cm³/mol. The summed E-state index contributed by atoms with van der Waals surface area (Å²) < 4.78 is 0. The maximum atomic E-state index is 11.4. The van der Waals surface area contributed by atoms with Gasteiger partial charge >= 0.3 is 6.03 Å². The number of urea groups is 1. The molecular weight excluding hydrogens is 338 g/mol. The number of carbonyl (C=O) groups excluding carboxylic acids is 1. The second-order valence-electron chi connectivity index (χ2n) is 7.70. The first-order chi connectivity index (χ1) is 13.2. The van der Waals surface area contributed by atoms with E-state index in [1.54, 1.807) is 0 Å². The summed E-state index contributed by atoms with van der Waals surface area (Å²) in [6.07, 6.45) is 3.04. The summed E-state index contributed by atoms with van der Waals surface area (Å²) in [4.78, 5) is 13.8. The molecule has 2 unspecified atom stereocenters. The van der Waals surface area contributed by atoms with Gasteiger partial charge in [0.05, 0.1) is 6.10 Å². The molecule has 2 aliphatic heterocycles. The summed E-state index contributed by atoms with van der Waals surface area (Å²) in [5, 5.41) is 16.3. The number of benzene rings is 2. The number of aliphatic hydroxyl groups excluding tert-OH is 1. The van der Waals surface area contributed by atoms with Gasteiger partial charge < -0.3 is 20.6 Å². The third-order valence-electron chi connectivity index (χ3n) is 5.60. The molecule has 2 atom stereocenters. The van der Waals surface area contributed by atoms with E-state index in [0.29, 0.717) is 19.0 Å². The van der Waals surface area contributed by atoms with E-state index < -0.39 is 6.10 Å². The zero-order chi connectivity index (χ0) is 18.6. The van der Waals surface area contributed by atoms with Gasteiger partial charge in [0.2, 0.25) is 0 Å². The van der Waals surface area contributed by atoms with Crippen LogP contribution >= 0.6 is 0 Å². The summed E-state index contributed by atoms with van der Waals surface area (Å²) in [6.45, 7) is 3.24. The van der Waals surface area contributed by atoms with Gasteiger partial charge in [0.15, 0.2) is 0 Å². The second-order valence-corrected chi connectivity index (χ2v) is 7.70. The summed E-state index contributed by atoms with van der Waals surface area (Å²) >= 11 is 0. The molecule has 2 aliphatic rings. The largest absolute Gasteiger partial charge is 0.387 e. The van der Waals surface area contributed by atoms with E-state index in [-0.39, 0.29) is 6.03 Å². The van der Waals surface area contributed by atoms with Gasteiger partial charge in [-0.15, -0.1) is 0 Å². The molecule has 4 rings (SSSR count). The number of nitrogens with zero attached hydrogens (tertiary/aromatic N) is 1. The summed E-state index contributed by atoms with van der Waals surface area (Å²) in [5.74, 6) is 0.649. The fraction of sp³-hybridized carbons (Fsp3) is 0.409. The highest BCUT2D eigenvalue weighted by Gasteiger charge is 2.23. The number of rotatable bonds is 5. The van der Waals surface area contributed by atoms with Crippen molar-refractivity contribution >= 4 is 11.7 Å². The molecule has 2 aromatic rings. The number of aliphatic hydroxyl groups is 1. The molecule has 1 saturated heterocycles. The van der Waals surface area contributed by atoms with E-state index in [1.165, 1.54) is 18.4 Å². The molecule has 2 amide bonds. The van der Waals surface area contributed by atoms with Gasteiger partial charge in [-0.1, -0.05) is 36.4 Å². The Balaban J connectivity index is 1.36. The molecular formula is C22H27N3O2. The average molecular weight is 365 g/mol. The Morgan fingerprint density at radius 1 is 1.19 bits per heavy atom. The normalized spacial score (nSPS) is 21.1. The number of likely N-dealkylation sites (tertiary alicyclic amines) is 1. The third kappa shape index (κ3) is 4.49. The molecule has 1 fully saturated rings. The number of anilines is 1. The average Bonchev–Trinajstić information content (AvgIpc) is 2.68. The lowest BCUT2D eigenvalue weighted by Gasteiger charge is -2.34. The first-order valence-corrected chi connectivity index (χ1v) is 9.79. The highest BCUT2D eigenvalue weighted by atomic mass is 16.3. The number of hydrogen-bond donors (Lipinski definition) is 3. The van der Waals surface area contributed by atoms with Gasteiger partial charge in [0.25, 0.3) is 0 Å². The highest BCUT2D eigenvalue weighted by molar-refractivity contribution is 5.92. The zero-order valence-electron chi connectivity index (χ0n) is 15.5. The molecule has 0 bridgehead atoms. The summed E-state index contributed by atoms with van der Waals surface area (Å²) in [7, 11) is 0. The van der Waals surface area contributed by atoms with Gasteiger partial charge in [0.1, 0.15) is 0 Å². The minimum atomic E-state index is -0.511. The number of amides is 2. The number of β-amino-alcohol motifs (C(OH)–C–C–N with tert-alkyl or cyclic N) is 1. The van der Waals surface area contributed by atoms with Gasteiger partial charge in [-0.3, -0.25) is 0 Å². The third-order valence-corrected chi connectivity index (χ3v) is 5.60. The van der Waals surface area contributed by atoms with Gasteiger partial charge in [0, 0.05) is 25.3 Å². The van der Waals surface area contributed by atoms with Crippen molar-refractivity contribution in [3.63, 3.8) is 0 Å². The maximum absolute atomic E-state index is 11.4. The maximum Gasteiger partial charge on any atom is 0.319 e. The van der Waals surface area contributed by atoms with E-state index in [2.05, 4.69) is 45.9 Å². The number of hydrogen-bond acceptors (Lipinski definition) is 3. The van der Waals surface area contributed by atoms with Crippen LogP contribution in [0.1, 0.15) is 35.6 Å². The monoisotopic (exact) mass is 365 g/mol. The van der Waals surface area contributed by atoms with Crippen LogP contribution in [0.25, 0.3) is 0 Å². The molecule has 0 spiro atoms. The Morgan fingerprint density at radius 2 is 2.04 bits per heavy atom. The van der Waals surface area contributed by atoms with E-state index in [9.17, 15) is 9.90 Å². The zero-order valence-corrected chi connectivity index (χ0v) is 15.5. The number of nitrogens with one attached hydrogen (secondary N) is 2. The first kappa shape index (κ1) is 18.0. The molecule has 3 N–H and O–H groups in total. The SMILES string of the molecule is O=C1NCc2cc(C(O)CN3CCCC(Cc4ccccc4)C3)ccc2N1. The lowest BCUT2D eigenvalue weighted by Crippen LogP contribution is -2.38. The molecule has 0 aromatic heterocycles. The van der Waals surface area contributed by atoms with Crippen LogP contribution in [-0.2, 0) is 13.0 Å². The lowest BCUT2D eigenvalue weighted by atomic mass is 9.91. The minimum Gasteiger partial charge on any atom is -0.387 e. The molecule has 0 aliphatic carbocycles. The van der Waals surface area contributed by atoms with Crippen molar-refractivity contribution in [3.05, 3.63) is 65.2 Å². The smallest absolute Gasteiger partial charge is 0.319 e. The van der Waals surface area contributed by atoms with Crippen LogP contribution in [0.3, 0.4) is 0 Å². The molecule has 2 heterocycles. The molecule has 5 heteroatoms. The van der Waals surface area contributed by atoms with Crippen molar-refractivity contribution in [2.75, 3.05) is 25.0 Å². The van der Waals surface area contributed by atoms with E-state index in [1.807, 2.05) is 18.2 Å². The summed E-state index contributed by atoms with van der Waals surface area (Å²) in [6, 6.07) is 16.3. The van der Waals surface area contributed by atoms with Gasteiger partial charge in [-0.2, -0.15) is 0 Å². The van der Waals surface area contributed by atoms with Crippen molar-refractivity contribution in [2.45, 2.75) is 31.9 Å². The molecule has 142 valence electrons. The van der Waals surface area contributed by atoms with Crippen molar-refractivity contribution in [1.29, 1.82) is 0 Å². The van der Waals surface area contributed by atoms with E-state index in [4.69, 9.17) is 0 Å². The van der Waals surface area contributed by atoms with Gasteiger partial charge in [-0.05, 0) is 60.5 Å². The second kappa shape index (κ2) is 8.11. The number of piperidine rings is 1. The Hall–Kier alpha value is -2.37. The van der Waals surface area contributed by atoms with E-state index in [0.717, 1.165) is 36.3 Å². The van der Waals surface area contributed by atoms with Crippen molar-refractivity contribution in [2.24, 2.45) is 5.92 Å². The topological polar surface area (TPSA) is 64.6 Å². The summed E-state index contributed by atoms with van der Waals surface area (Å²) in [5.41, 5.74) is 4.16. The van der Waals surface area contributed by atoms with Crippen LogP contribution < -0.4 is 10.6 Å². The molecule has 5 nitrogen and oxygen atoms in total. The fourth-order valence-electron chi connectivity index (χ4n) is 4.21. The molecule has 2 aromatic carbocycles. The minimum absolute atomic E-state index is 0.173. The van der Waals surface area contributed by atoms with Crippen LogP contribution in [0.2, 0.25) is 0 Å². The quantitative estimate of drug-likeness (QED) is 0.762. The van der Waals surface area contributed by atoms with Crippen LogP contribution in [0.4, 0.5) is 10.5 Å². The Kier molecular flexibility index (Phi) is 5.41. The van der Waals surface area contributed by atoms with Crippen molar-refractivity contribution < 1.29 is 9.90 Å². The van der Waals surface area contributed by atoms with Crippen LogP contribution in [-0.4, -0.2) is 35.7 Å². The molecule has 0 saturated carbocycles. The Bertz CT molecular complexity index is 793. The predicted octanol–water partition coefficient (Wildman–Crippen LogP) is 3.31. The molecule has 0 radical (unpaired) electrons. The van der Waals surface area contributed by atoms with Crippen LogP contribution in [0, 0.1) is 5.92 Å². The van der Waals surface area contributed by atoms with Crippen LogP contribution in [0.5, 0.6) is 0 Å². The Morgan fingerprint density at radius 3 is 2.89 bits per heavy atom. The highest BCUT2D eigenvalue weighted by Crippen LogP contribution is 2.26.